The van der Waals surface area contributed by atoms with E-state index in [-0.39, 0.29) is 0 Å². The Kier molecular flexibility index (Phi) is 5.24. The molecule has 1 atom stereocenters. The second kappa shape index (κ2) is 7.56. The smallest absolute Gasteiger partial charge is 0.120 e. The lowest BCUT2D eigenvalue weighted by molar-refractivity contribution is 0.176. The van der Waals surface area contributed by atoms with Gasteiger partial charge in [-0.25, -0.2) is 4.98 Å². The number of aromatic amines is 1. The van der Waals surface area contributed by atoms with Crippen LogP contribution in [0.3, 0.4) is 0 Å². The molecule has 1 fully saturated rings. The molecule has 1 aliphatic rings. The summed E-state index contributed by atoms with van der Waals surface area (Å²) in [5.41, 5.74) is 2.84. The first-order valence-electron chi connectivity index (χ1n) is 8.29. The number of likely N-dealkylation sites (tertiary alicyclic amines) is 1. The first-order chi connectivity index (χ1) is 10.8. The van der Waals surface area contributed by atoms with Crippen LogP contribution in [0.4, 0.5) is 0 Å². The molecule has 2 aromatic rings. The number of benzene rings is 1. The summed E-state index contributed by atoms with van der Waals surface area (Å²) in [5, 5.41) is 3.48. The van der Waals surface area contributed by atoms with Crippen LogP contribution >= 0.6 is 0 Å². The highest BCUT2D eigenvalue weighted by Gasteiger charge is 2.17. The van der Waals surface area contributed by atoms with Crippen molar-refractivity contribution in [3.8, 4) is 0 Å². The van der Waals surface area contributed by atoms with Gasteiger partial charge < -0.3 is 10.3 Å². The van der Waals surface area contributed by atoms with Gasteiger partial charge in [-0.05, 0) is 36.4 Å². The zero-order valence-corrected chi connectivity index (χ0v) is 13.4. The van der Waals surface area contributed by atoms with Crippen LogP contribution < -0.4 is 5.32 Å². The molecule has 3 rings (SSSR count). The molecule has 22 heavy (non-hydrogen) atoms. The summed E-state index contributed by atoms with van der Waals surface area (Å²) in [7, 11) is 0. The summed E-state index contributed by atoms with van der Waals surface area (Å²) in [4.78, 5) is 9.97. The van der Waals surface area contributed by atoms with E-state index in [9.17, 15) is 0 Å². The first kappa shape index (κ1) is 15.3. The molecule has 2 N–H and O–H groups in total. The van der Waals surface area contributed by atoms with Gasteiger partial charge in [0, 0.05) is 32.0 Å². The Labute approximate surface area is 133 Å². The SMILES string of the molecule is CC1CCCN(Cc2ccccc2CNCc2ncc[nH]2)C1. The van der Waals surface area contributed by atoms with Gasteiger partial charge in [0.15, 0.2) is 0 Å². The van der Waals surface area contributed by atoms with Gasteiger partial charge in [0.1, 0.15) is 5.82 Å². The Bertz CT molecular complexity index is 564. The topological polar surface area (TPSA) is 44.0 Å². The fourth-order valence-electron chi connectivity index (χ4n) is 3.27. The highest BCUT2D eigenvalue weighted by atomic mass is 15.1. The minimum atomic E-state index is 0.780. The number of rotatable bonds is 6. The number of nitrogens with zero attached hydrogens (tertiary/aromatic N) is 2. The van der Waals surface area contributed by atoms with Gasteiger partial charge in [-0.15, -0.1) is 0 Å². The van der Waals surface area contributed by atoms with Gasteiger partial charge in [-0.3, -0.25) is 4.90 Å². The molecule has 0 radical (unpaired) electrons. The Morgan fingerprint density at radius 2 is 2.14 bits per heavy atom. The Hall–Kier alpha value is -1.65. The van der Waals surface area contributed by atoms with Crippen molar-refractivity contribution in [2.24, 2.45) is 5.92 Å². The molecule has 2 heterocycles. The number of imidazole rings is 1. The van der Waals surface area contributed by atoms with Gasteiger partial charge in [-0.1, -0.05) is 31.2 Å². The minimum Gasteiger partial charge on any atom is -0.348 e. The highest BCUT2D eigenvalue weighted by molar-refractivity contribution is 5.27. The number of H-pyrrole nitrogens is 1. The van der Waals surface area contributed by atoms with Crippen LogP contribution in [0.25, 0.3) is 0 Å². The molecular formula is C18H26N4. The van der Waals surface area contributed by atoms with Crippen molar-refractivity contribution in [3.05, 3.63) is 53.6 Å². The van der Waals surface area contributed by atoms with E-state index in [1.807, 2.05) is 6.20 Å². The lowest BCUT2D eigenvalue weighted by Crippen LogP contribution is -2.34. The van der Waals surface area contributed by atoms with Gasteiger partial charge in [0.2, 0.25) is 0 Å². The molecule has 0 saturated carbocycles. The predicted molar refractivity (Wildman–Crippen MR) is 89.2 cm³/mol. The minimum absolute atomic E-state index is 0.780. The Balaban J connectivity index is 1.57. The molecule has 1 saturated heterocycles. The van der Waals surface area contributed by atoms with Gasteiger partial charge in [0.25, 0.3) is 0 Å². The largest absolute Gasteiger partial charge is 0.348 e. The maximum atomic E-state index is 4.25. The van der Waals surface area contributed by atoms with E-state index < -0.39 is 0 Å². The number of hydrogen-bond acceptors (Lipinski definition) is 3. The van der Waals surface area contributed by atoms with E-state index in [4.69, 9.17) is 0 Å². The quantitative estimate of drug-likeness (QED) is 0.862. The van der Waals surface area contributed by atoms with Crippen molar-refractivity contribution in [1.29, 1.82) is 0 Å². The molecular weight excluding hydrogens is 272 g/mol. The molecule has 1 aliphatic heterocycles. The summed E-state index contributed by atoms with van der Waals surface area (Å²) >= 11 is 0. The predicted octanol–water partition coefficient (Wildman–Crippen LogP) is 2.93. The number of nitrogens with one attached hydrogen (secondary N) is 2. The molecule has 0 bridgehead atoms. The average Bonchev–Trinajstić information content (AvgIpc) is 3.02. The van der Waals surface area contributed by atoms with Crippen LogP contribution in [-0.2, 0) is 19.6 Å². The Morgan fingerprint density at radius 1 is 1.27 bits per heavy atom. The third-order valence-electron chi connectivity index (χ3n) is 4.42. The number of piperidine rings is 1. The highest BCUT2D eigenvalue weighted by Crippen LogP contribution is 2.19. The first-order valence-corrected chi connectivity index (χ1v) is 8.29. The van der Waals surface area contributed by atoms with Crippen LogP contribution in [0.1, 0.15) is 36.7 Å². The summed E-state index contributed by atoms with van der Waals surface area (Å²) in [5.74, 6) is 1.82. The van der Waals surface area contributed by atoms with Gasteiger partial charge in [0.05, 0.1) is 6.54 Å². The molecule has 1 aromatic heterocycles. The summed E-state index contributed by atoms with van der Waals surface area (Å²) in [6, 6.07) is 8.78. The van der Waals surface area contributed by atoms with Crippen LogP contribution in [0.2, 0.25) is 0 Å². The molecule has 1 aromatic carbocycles. The van der Waals surface area contributed by atoms with Crippen molar-refractivity contribution >= 4 is 0 Å². The number of aromatic nitrogens is 2. The molecule has 0 spiro atoms. The van der Waals surface area contributed by atoms with E-state index in [2.05, 4.69) is 51.4 Å². The zero-order chi connectivity index (χ0) is 15.2. The number of hydrogen-bond donors (Lipinski definition) is 2. The van der Waals surface area contributed by atoms with Crippen LogP contribution in [0.5, 0.6) is 0 Å². The summed E-state index contributed by atoms with van der Waals surface area (Å²) in [6.45, 7) is 7.57. The van der Waals surface area contributed by atoms with Crippen molar-refractivity contribution < 1.29 is 0 Å². The fourth-order valence-corrected chi connectivity index (χ4v) is 3.27. The van der Waals surface area contributed by atoms with E-state index >= 15 is 0 Å². The lowest BCUT2D eigenvalue weighted by atomic mass is 9.99. The molecule has 0 aliphatic carbocycles. The van der Waals surface area contributed by atoms with Crippen molar-refractivity contribution in [1.82, 2.24) is 20.2 Å². The Morgan fingerprint density at radius 3 is 2.91 bits per heavy atom. The summed E-state index contributed by atoms with van der Waals surface area (Å²) in [6.07, 6.45) is 6.37. The van der Waals surface area contributed by atoms with Crippen LogP contribution in [0, 0.1) is 5.92 Å². The van der Waals surface area contributed by atoms with Gasteiger partial charge in [-0.2, -0.15) is 0 Å². The third-order valence-corrected chi connectivity index (χ3v) is 4.42. The standard InChI is InChI=1S/C18H26N4/c1-15-5-4-10-22(13-15)14-17-7-3-2-6-16(17)11-19-12-18-20-8-9-21-18/h2-3,6-9,15,19H,4-5,10-14H2,1H3,(H,20,21). The van der Waals surface area contributed by atoms with Crippen LogP contribution in [-0.4, -0.2) is 28.0 Å². The molecule has 4 nitrogen and oxygen atoms in total. The van der Waals surface area contributed by atoms with Crippen LogP contribution in [0.15, 0.2) is 36.7 Å². The second-order valence-electron chi connectivity index (χ2n) is 6.39. The van der Waals surface area contributed by atoms with E-state index in [1.54, 1.807) is 6.20 Å². The van der Waals surface area contributed by atoms with Gasteiger partial charge >= 0.3 is 0 Å². The maximum absolute atomic E-state index is 4.25. The molecule has 1 unspecified atom stereocenters. The third kappa shape index (κ3) is 4.18. The normalized spacial score (nSPS) is 19.4. The second-order valence-corrected chi connectivity index (χ2v) is 6.39. The molecule has 0 amide bonds. The van der Waals surface area contributed by atoms with Crippen molar-refractivity contribution in [2.45, 2.75) is 39.4 Å². The van der Waals surface area contributed by atoms with E-state index in [0.29, 0.717) is 0 Å². The monoisotopic (exact) mass is 298 g/mol. The summed E-state index contributed by atoms with van der Waals surface area (Å²) < 4.78 is 0. The average molecular weight is 298 g/mol. The fraction of sp³-hybridized carbons (Fsp3) is 0.500. The lowest BCUT2D eigenvalue weighted by Gasteiger charge is -2.31. The molecule has 118 valence electrons. The van der Waals surface area contributed by atoms with E-state index in [0.717, 1.165) is 31.4 Å². The zero-order valence-electron chi connectivity index (χ0n) is 13.4. The van der Waals surface area contributed by atoms with Crippen molar-refractivity contribution in [2.75, 3.05) is 13.1 Å². The van der Waals surface area contributed by atoms with E-state index in [1.165, 1.54) is 37.1 Å². The molecule has 4 heteroatoms. The maximum Gasteiger partial charge on any atom is 0.120 e. The van der Waals surface area contributed by atoms with Crippen molar-refractivity contribution in [3.63, 3.8) is 0 Å².